The summed E-state index contributed by atoms with van der Waals surface area (Å²) in [6.45, 7) is 6.49. The normalized spacial score (nSPS) is 16.0. The van der Waals surface area contributed by atoms with E-state index in [4.69, 9.17) is 10.5 Å². The van der Waals surface area contributed by atoms with Crippen LogP contribution < -0.4 is 10.6 Å². The van der Waals surface area contributed by atoms with Gasteiger partial charge in [-0.3, -0.25) is 4.79 Å². The van der Waals surface area contributed by atoms with E-state index < -0.39 is 5.92 Å². The van der Waals surface area contributed by atoms with Crippen molar-refractivity contribution in [2.75, 3.05) is 24.6 Å². The van der Waals surface area contributed by atoms with Crippen molar-refractivity contribution in [3.05, 3.63) is 65.2 Å². The lowest BCUT2D eigenvalue weighted by Gasteiger charge is -2.33. The molecular formula is C25H32N2O3. The summed E-state index contributed by atoms with van der Waals surface area (Å²) in [4.78, 5) is 27.0. The average Bonchev–Trinajstić information content (AvgIpc) is 2.78. The molecule has 0 aromatic heterocycles. The van der Waals surface area contributed by atoms with E-state index in [0.717, 1.165) is 30.6 Å². The van der Waals surface area contributed by atoms with Gasteiger partial charge in [0.25, 0.3) is 0 Å². The summed E-state index contributed by atoms with van der Waals surface area (Å²) in [6, 6.07) is 15.4. The molecule has 160 valence electrons. The molecule has 1 saturated heterocycles. The van der Waals surface area contributed by atoms with Crippen molar-refractivity contribution in [1.29, 1.82) is 0 Å². The van der Waals surface area contributed by atoms with Crippen LogP contribution in [0.5, 0.6) is 0 Å². The van der Waals surface area contributed by atoms with E-state index in [-0.39, 0.29) is 17.8 Å². The number of piperidine rings is 1. The van der Waals surface area contributed by atoms with Crippen molar-refractivity contribution in [3.8, 4) is 0 Å². The maximum Gasteiger partial charge on any atom is 0.338 e. The van der Waals surface area contributed by atoms with Crippen molar-refractivity contribution < 1.29 is 14.3 Å². The second-order valence-corrected chi connectivity index (χ2v) is 8.03. The summed E-state index contributed by atoms with van der Waals surface area (Å²) in [5, 5.41) is 0. The van der Waals surface area contributed by atoms with Gasteiger partial charge in [0.2, 0.25) is 5.91 Å². The Kier molecular flexibility index (Phi) is 7.50. The molecule has 2 aromatic carbocycles. The molecule has 2 unspecified atom stereocenters. The Balaban J connectivity index is 1.87. The number of ether oxygens (including phenoxy) is 1. The Labute approximate surface area is 179 Å². The molecule has 2 N–H and O–H groups in total. The van der Waals surface area contributed by atoms with E-state index in [1.54, 1.807) is 12.1 Å². The number of nitrogens with zero attached hydrogens (tertiary/aromatic N) is 1. The maximum absolute atomic E-state index is 12.5. The summed E-state index contributed by atoms with van der Waals surface area (Å²) >= 11 is 0. The van der Waals surface area contributed by atoms with Crippen LogP contribution in [0.25, 0.3) is 0 Å². The second-order valence-electron chi connectivity index (χ2n) is 8.03. The van der Waals surface area contributed by atoms with E-state index in [1.807, 2.05) is 25.1 Å². The van der Waals surface area contributed by atoms with Crippen molar-refractivity contribution >= 4 is 17.6 Å². The van der Waals surface area contributed by atoms with Gasteiger partial charge in [-0.1, -0.05) is 44.2 Å². The number of hydrogen-bond donors (Lipinski definition) is 1. The number of carbonyl (C=O) groups excluding carboxylic acids is 2. The third-order valence-electron chi connectivity index (χ3n) is 5.87. The summed E-state index contributed by atoms with van der Waals surface area (Å²) in [5.74, 6) is -1.27. The Morgan fingerprint density at radius 3 is 2.33 bits per heavy atom. The zero-order chi connectivity index (χ0) is 21.5. The molecule has 1 fully saturated rings. The molecule has 1 aliphatic rings. The number of benzene rings is 2. The van der Waals surface area contributed by atoms with Crippen LogP contribution in [-0.2, 0) is 9.53 Å². The van der Waals surface area contributed by atoms with Crippen molar-refractivity contribution in [1.82, 2.24) is 0 Å². The first-order valence-corrected chi connectivity index (χ1v) is 10.9. The lowest BCUT2D eigenvalue weighted by molar-refractivity contribution is -0.119. The molecule has 2 atom stereocenters. The van der Waals surface area contributed by atoms with Gasteiger partial charge < -0.3 is 15.4 Å². The Morgan fingerprint density at radius 2 is 1.70 bits per heavy atom. The highest BCUT2D eigenvalue weighted by molar-refractivity contribution is 5.90. The van der Waals surface area contributed by atoms with Crippen molar-refractivity contribution in [2.45, 2.75) is 51.4 Å². The van der Waals surface area contributed by atoms with Crippen LogP contribution in [0, 0.1) is 0 Å². The molecule has 2 aromatic rings. The van der Waals surface area contributed by atoms with Gasteiger partial charge in [0.15, 0.2) is 0 Å². The standard InChI is InChI=1S/C25H32N2O3/c1-3-17-30-25(29)20-13-11-19(12-14-20)23(24(26)28)18(2)21-9-5-6-10-22(21)27-15-7-4-8-16-27/h5-6,9-14,18,23H,3-4,7-8,15-17H2,1-2H3,(H2,26,28). The van der Waals surface area contributed by atoms with E-state index in [2.05, 4.69) is 30.0 Å². The quantitative estimate of drug-likeness (QED) is 0.647. The van der Waals surface area contributed by atoms with Gasteiger partial charge in [0.1, 0.15) is 0 Å². The molecule has 5 heteroatoms. The topological polar surface area (TPSA) is 72.6 Å². The number of para-hydroxylation sites is 1. The van der Waals surface area contributed by atoms with Crippen LogP contribution in [0.15, 0.2) is 48.5 Å². The molecule has 30 heavy (non-hydrogen) atoms. The zero-order valence-electron chi connectivity index (χ0n) is 18.0. The third kappa shape index (κ3) is 5.02. The Bertz CT molecular complexity index is 857. The summed E-state index contributed by atoms with van der Waals surface area (Å²) < 4.78 is 5.19. The molecule has 0 spiro atoms. The van der Waals surface area contributed by atoms with Crippen LogP contribution in [0.2, 0.25) is 0 Å². The fraction of sp³-hybridized carbons (Fsp3) is 0.440. The highest BCUT2D eigenvalue weighted by Gasteiger charge is 2.29. The highest BCUT2D eigenvalue weighted by Crippen LogP contribution is 2.38. The zero-order valence-corrected chi connectivity index (χ0v) is 18.0. The minimum atomic E-state index is -0.475. The number of esters is 1. The SMILES string of the molecule is CCCOC(=O)c1ccc(C(C(N)=O)C(C)c2ccccc2N2CCCCC2)cc1. The number of primary amides is 1. The number of anilines is 1. The predicted molar refractivity (Wildman–Crippen MR) is 120 cm³/mol. The first kappa shape index (κ1) is 21.9. The fourth-order valence-corrected chi connectivity index (χ4v) is 4.28. The highest BCUT2D eigenvalue weighted by atomic mass is 16.5. The van der Waals surface area contributed by atoms with E-state index in [1.165, 1.54) is 24.9 Å². The molecule has 0 radical (unpaired) electrons. The molecular weight excluding hydrogens is 376 g/mol. The van der Waals surface area contributed by atoms with Crippen LogP contribution in [0.3, 0.4) is 0 Å². The molecule has 3 rings (SSSR count). The molecule has 0 saturated carbocycles. The second kappa shape index (κ2) is 10.3. The lowest BCUT2D eigenvalue weighted by Crippen LogP contribution is -2.32. The van der Waals surface area contributed by atoms with Crippen LogP contribution in [0.4, 0.5) is 5.69 Å². The molecule has 1 aliphatic heterocycles. The van der Waals surface area contributed by atoms with Gasteiger partial charge in [-0.05, 0) is 60.9 Å². The Hall–Kier alpha value is -2.82. The average molecular weight is 409 g/mol. The van der Waals surface area contributed by atoms with E-state index in [0.29, 0.717) is 12.2 Å². The largest absolute Gasteiger partial charge is 0.462 e. The smallest absolute Gasteiger partial charge is 0.338 e. The first-order chi connectivity index (χ1) is 14.5. The number of rotatable bonds is 8. The van der Waals surface area contributed by atoms with Crippen LogP contribution >= 0.6 is 0 Å². The minimum Gasteiger partial charge on any atom is -0.462 e. The lowest BCUT2D eigenvalue weighted by atomic mass is 9.81. The van der Waals surface area contributed by atoms with Crippen LogP contribution in [-0.4, -0.2) is 31.6 Å². The molecule has 0 bridgehead atoms. The molecule has 0 aliphatic carbocycles. The number of amides is 1. The third-order valence-corrected chi connectivity index (χ3v) is 5.87. The minimum absolute atomic E-state index is 0.0847. The van der Waals surface area contributed by atoms with E-state index in [9.17, 15) is 9.59 Å². The summed E-state index contributed by atoms with van der Waals surface area (Å²) in [7, 11) is 0. The summed E-state index contributed by atoms with van der Waals surface area (Å²) in [6.07, 6.45) is 4.43. The van der Waals surface area contributed by atoms with Gasteiger partial charge in [-0.15, -0.1) is 0 Å². The van der Waals surface area contributed by atoms with Crippen LogP contribution in [0.1, 0.15) is 72.9 Å². The van der Waals surface area contributed by atoms with Gasteiger partial charge in [0, 0.05) is 18.8 Å². The van der Waals surface area contributed by atoms with Crippen molar-refractivity contribution in [2.24, 2.45) is 5.73 Å². The fourth-order valence-electron chi connectivity index (χ4n) is 4.28. The number of hydrogen-bond acceptors (Lipinski definition) is 4. The van der Waals surface area contributed by atoms with Gasteiger partial charge in [0.05, 0.1) is 18.1 Å². The van der Waals surface area contributed by atoms with Crippen molar-refractivity contribution in [3.63, 3.8) is 0 Å². The van der Waals surface area contributed by atoms with E-state index >= 15 is 0 Å². The molecule has 5 nitrogen and oxygen atoms in total. The monoisotopic (exact) mass is 408 g/mol. The number of nitrogens with two attached hydrogens (primary N) is 1. The number of carbonyl (C=O) groups is 2. The molecule has 1 heterocycles. The first-order valence-electron chi connectivity index (χ1n) is 10.9. The van der Waals surface area contributed by atoms with Gasteiger partial charge in [-0.2, -0.15) is 0 Å². The Morgan fingerprint density at radius 1 is 1.03 bits per heavy atom. The summed E-state index contributed by atoms with van der Waals surface area (Å²) in [5.41, 5.74) is 9.48. The maximum atomic E-state index is 12.5. The predicted octanol–water partition coefficient (Wildman–Crippen LogP) is 4.62. The van der Waals surface area contributed by atoms with Gasteiger partial charge >= 0.3 is 5.97 Å². The van der Waals surface area contributed by atoms with Gasteiger partial charge in [-0.25, -0.2) is 4.79 Å². The molecule has 1 amide bonds.